The minimum absolute atomic E-state index is 0.0621. The first-order valence-electron chi connectivity index (χ1n) is 4.50. The molecule has 0 spiro atoms. The van der Waals surface area contributed by atoms with E-state index >= 15 is 0 Å². The molecular formula is C10H13BrN2OS. The number of nitrogens with zero attached hydrogens (tertiary/aromatic N) is 1. The van der Waals surface area contributed by atoms with E-state index in [2.05, 4.69) is 21.1 Å². The van der Waals surface area contributed by atoms with Gasteiger partial charge in [0.25, 0.3) is 0 Å². The SMILES string of the molecule is CC(CSc1ccccc1Br)/C(N)=N/O. The molecule has 0 aliphatic rings. The highest BCUT2D eigenvalue weighted by Gasteiger charge is 2.09. The van der Waals surface area contributed by atoms with E-state index in [0.29, 0.717) is 0 Å². The summed E-state index contributed by atoms with van der Waals surface area (Å²) in [5.74, 6) is 1.13. The quantitative estimate of drug-likeness (QED) is 0.294. The van der Waals surface area contributed by atoms with E-state index in [1.54, 1.807) is 11.8 Å². The van der Waals surface area contributed by atoms with Crippen molar-refractivity contribution in [1.29, 1.82) is 0 Å². The predicted molar refractivity (Wildman–Crippen MR) is 67.4 cm³/mol. The molecule has 1 unspecified atom stereocenters. The molecule has 1 rings (SSSR count). The van der Waals surface area contributed by atoms with Crippen molar-refractivity contribution in [2.75, 3.05) is 5.75 Å². The molecule has 82 valence electrons. The second-order valence-corrected chi connectivity index (χ2v) is 5.08. The average molecular weight is 289 g/mol. The second-order valence-electron chi connectivity index (χ2n) is 3.17. The summed E-state index contributed by atoms with van der Waals surface area (Å²) in [6.07, 6.45) is 0. The third-order valence-electron chi connectivity index (χ3n) is 1.95. The zero-order chi connectivity index (χ0) is 11.3. The number of thioether (sulfide) groups is 1. The number of hydrogen-bond acceptors (Lipinski definition) is 3. The molecule has 0 aromatic heterocycles. The van der Waals surface area contributed by atoms with Gasteiger partial charge in [0.2, 0.25) is 0 Å². The van der Waals surface area contributed by atoms with Crippen LogP contribution in [0.2, 0.25) is 0 Å². The third kappa shape index (κ3) is 3.76. The summed E-state index contributed by atoms with van der Waals surface area (Å²) in [6, 6.07) is 7.99. The van der Waals surface area contributed by atoms with Gasteiger partial charge in [0.1, 0.15) is 5.84 Å². The van der Waals surface area contributed by atoms with Gasteiger partial charge in [-0.25, -0.2) is 0 Å². The zero-order valence-electron chi connectivity index (χ0n) is 8.35. The van der Waals surface area contributed by atoms with E-state index in [1.165, 1.54) is 0 Å². The van der Waals surface area contributed by atoms with Gasteiger partial charge in [0, 0.05) is 21.0 Å². The Morgan fingerprint density at radius 1 is 1.60 bits per heavy atom. The van der Waals surface area contributed by atoms with Gasteiger partial charge >= 0.3 is 0 Å². The lowest BCUT2D eigenvalue weighted by atomic mass is 10.2. The molecule has 3 N–H and O–H groups in total. The standard InChI is InChI=1S/C10H13BrN2OS/c1-7(10(12)13-14)6-15-9-5-3-2-4-8(9)11/h2-5,7,14H,6H2,1H3,(H2,12,13). The lowest BCUT2D eigenvalue weighted by Crippen LogP contribution is -2.22. The van der Waals surface area contributed by atoms with Gasteiger partial charge in [-0.3, -0.25) is 0 Å². The van der Waals surface area contributed by atoms with Crippen molar-refractivity contribution in [3.05, 3.63) is 28.7 Å². The molecular weight excluding hydrogens is 276 g/mol. The highest BCUT2D eigenvalue weighted by Crippen LogP contribution is 2.28. The van der Waals surface area contributed by atoms with Crippen molar-refractivity contribution < 1.29 is 5.21 Å². The van der Waals surface area contributed by atoms with Crippen molar-refractivity contribution in [2.45, 2.75) is 11.8 Å². The maximum atomic E-state index is 8.50. The summed E-state index contributed by atoms with van der Waals surface area (Å²) < 4.78 is 1.07. The molecule has 0 bridgehead atoms. The minimum atomic E-state index is 0.0621. The maximum Gasteiger partial charge on any atom is 0.142 e. The van der Waals surface area contributed by atoms with Crippen molar-refractivity contribution in [3.63, 3.8) is 0 Å². The lowest BCUT2D eigenvalue weighted by molar-refractivity contribution is 0.315. The fraction of sp³-hybridized carbons (Fsp3) is 0.300. The van der Waals surface area contributed by atoms with E-state index in [9.17, 15) is 0 Å². The molecule has 1 aromatic carbocycles. The summed E-state index contributed by atoms with van der Waals surface area (Å²) in [4.78, 5) is 1.16. The third-order valence-corrected chi connectivity index (χ3v) is 4.23. The average Bonchev–Trinajstić information content (AvgIpc) is 2.26. The van der Waals surface area contributed by atoms with Crippen molar-refractivity contribution in [3.8, 4) is 0 Å². The van der Waals surface area contributed by atoms with Crippen LogP contribution in [0.4, 0.5) is 0 Å². The molecule has 0 fully saturated rings. The summed E-state index contributed by atoms with van der Waals surface area (Å²) in [5, 5.41) is 11.5. The first-order chi connectivity index (χ1) is 7.15. The molecule has 0 aliphatic heterocycles. The monoisotopic (exact) mass is 288 g/mol. The fourth-order valence-electron chi connectivity index (χ4n) is 0.961. The molecule has 1 aromatic rings. The Kier molecular flexibility index (Phi) is 4.98. The Labute approximate surface area is 102 Å². The first-order valence-corrected chi connectivity index (χ1v) is 6.27. The molecule has 0 heterocycles. The van der Waals surface area contributed by atoms with Crippen LogP contribution in [0.3, 0.4) is 0 Å². The normalized spacial score (nSPS) is 13.9. The van der Waals surface area contributed by atoms with Gasteiger partial charge in [-0.05, 0) is 28.1 Å². The van der Waals surface area contributed by atoms with E-state index in [-0.39, 0.29) is 11.8 Å². The van der Waals surface area contributed by atoms with Crippen LogP contribution < -0.4 is 5.73 Å². The number of amidine groups is 1. The van der Waals surface area contributed by atoms with Crippen molar-refractivity contribution in [1.82, 2.24) is 0 Å². The molecule has 0 amide bonds. The fourth-order valence-corrected chi connectivity index (χ4v) is 2.57. The lowest BCUT2D eigenvalue weighted by Gasteiger charge is -2.09. The van der Waals surface area contributed by atoms with Crippen LogP contribution in [0.25, 0.3) is 0 Å². The number of nitrogens with two attached hydrogens (primary N) is 1. The second kappa shape index (κ2) is 6.02. The van der Waals surface area contributed by atoms with Crippen molar-refractivity contribution >= 4 is 33.5 Å². The van der Waals surface area contributed by atoms with Crippen LogP contribution in [0, 0.1) is 5.92 Å². The van der Waals surface area contributed by atoms with Gasteiger partial charge in [-0.1, -0.05) is 24.2 Å². The molecule has 3 nitrogen and oxygen atoms in total. The topological polar surface area (TPSA) is 58.6 Å². The van der Waals surface area contributed by atoms with Crippen LogP contribution in [0.5, 0.6) is 0 Å². The van der Waals surface area contributed by atoms with Gasteiger partial charge in [-0.15, -0.1) is 11.8 Å². The Morgan fingerprint density at radius 2 is 2.27 bits per heavy atom. The number of hydrogen-bond donors (Lipinski definition) is 2. The summed E-state index contributed by atoms with van der Waals surface area (Å²) >= 11 is 5.15. The van der Waals surface area contributed by atoms with E-state index in [1.807, 2.05) is 31.2 Å². The molecule has 15 heavy (non-hydrogen) atoms. The van der Waals surface area contributed by atoms with Gasteiger partial charge in [-0.2, -0.15) is 0 Å². The van der Waals surface area contributed by atoms with E-state index in [0.717, 1.165) is 15.1 Å². The summed E-state index contributed by atoms with van der Waals surface area (Å²) in [5.41, 5.74) is 5.49. The molecule has 5 heteroatoms. The first kappa shape index (κ1) is 12.4. The van der Waals surface area contributed by atoms with E-state index < -0.39 is 0 Å². The largest absolute Gasteiger partial charge is 0.409 e. The predicted octanol–water partition coefficient (Wildman–Crippen LogP) is 2.92. The maximum absolute atomic E-state index is 8.50. The van der Waals surface area contributed by atoms with Gasteiger partial charge < -0.3 is 10.9 Å². The molecule has 0 saturated carbocycles. The smallest absolute Gasteiger partial charge is 0.142 e. The van der Waals surface area contributed by atoms with Crippen molar-refractivity contribution in [2.24, 2.45) is 16.8 Å². The van der Waals surface area contributed by atoms with Gasteiger partial charge in [0.15, 0.2) is 0 Å². The molecule has 0 radical (unpaired) electrons. The van der Waals surface area contributed by atoms with Crippen LogP contribution >= 0.6 is 27.7 Å². The number of oxime groups is 1. The van der Waals surface area contributed by atoms with E-state index in [4.69, 9.17) is 10.9 Å². The summed E-state index contributed by atoms with van der Waals surface area (Å²) in [6.45, 7) is 1.93. The molecule has 0 aliphatic carbocycles. The number of halogens is 1. The Bertz CT molecular complexity index is 357. The number of rotatable bonds is 4. The Morgan fingerprint density at radius 3 is 2.87 bits per heavy atom. The van der Waals surface area contributed by atoms with Crippen LogP contribution in [0.15, 0.2) is 38.8 Å². The molecule has 0 saturated heterocycles. The van der Waals surface area contributed by atoms with Gasteiger partial charge in [0.05, 0.1) is 0 Å². The minimum Gasteiger partial charge on any atom is -0.409 e. The molecule has 1 atom stereocenters. The van der Waals surface area contributed by atoms with Crippen LogP contribution in [-0.2, 0) is 0 Å². The Hall–Kier alpha value is -0.680. The summed E-state index contributed by atoms with van der Waals surface area (Å²) in [7, 11) is 0. The Balaban J connectivity index is 2.54. The van der Waals surface area contributed by atoms with Crippen LogP contribution in [-0.4, -0.2) is 16.8 Å². The zero-order valence-corrected chi connectivity index (χ0v) is 10.8. The number of benzene rings is 1. The highest BCUT2D eigenvalue weighted by atomic mass is 79.9. The van der Waals surface area contributed by atoms with Crippen LogP contribution in [0.1, 0.15) is 6.92 Å². The highest BCUT2D eigenvalue weighted by molar-refractivity contribution is 9.10.